The van der Waals surface area contributed by atoms with Crippen molar-refractivity contribution in [1.29, 1.82) is 0 Å². The molecule has 0 unspecified atom stereocenters. The number of piperidine rings is 1. The number of fused-ring (bicyclic) bond motifs is 1. The van der Waals surface area contributed by atoms with Crippen LogP contribution in [0, 0.1) is 0 Å². The van der Waals surface area contributed by atoms with Crippen LogP contribution >= 0.6 is 0 Å². The quantitative estimate of drug-likeness (QED) is 0.937. The molecule has 2 heterocycles. The first-order valence-corrected chi connectivity index (χ1v) is 7.66. The number of hydrogen-bond acceptors (Lipinski definition) is 4. The van der Waals surface area contributed by atoms with Crippen LogP contribution in [0.25, 0.3) is 11.0 Å². The molecular weight excluding hydrogens is 298 g/mol. The molecule has 1 saturated heterocycles. The monoisotopic (exact) mass is 317 g/mol. The zero-order chi connectivity index (χ0) is 16.4. The summed E-state index contributed by atoms with van der Waals surface area (Å²) in [6.07, 6.45) is 3.91. The number of nitrogens with zero attached hydrogens (tertiary/aromatic N) is 1. The van der Waals surface area contributed by atoms with E-state index in [1.54, 1.807) is 19.4 Å². The Kier molecular flexibility index (Phi) is 4.23. The van der Waals surface area contributed by atoms with Crippen LogP contribution in [0.5, 0.6) is 5.75 Å². The fraction of sp³-hybridized carbons (Fsp3) is 0.412. The van der Waals surface area contributed by atoms with Crippen molar-refractivity contribution in [2.45, 2.75) is 31.7 Å². The molecule has 0 saturated carbocycles. The van der Waals surface area contributed by atoms with Gasteiger partial charge in [0.1, 0.15) is 17.4 Å². The molecule has 0 aliphatic carbocycles. The van der Waals surface area contributed by atoms with Crippen LogP contribution in [0.3, 0.4) is 0 Å². The topological polar surface area (TPSA) is 80.0 Å². The largest absolute Gasteiger partial charge is 0.497 e. The molecular formula is C17H19NO5. The number of furan rings is 1. The molecule has 1 fully saturated rings. The van der Waals surface area contributed by atoms with E-state index in [4.69, 9.17) is 9.15 Å². The van der Waals surface area contributed by atoms with E-state index in [-0.39, 0.29) is 12.3 Å². The van der Waals surface area contributed by atoms with Gasteiger partial charge in [-0.1, -0.05) is 0 Å². The van der Waals surface area contributed by atoms with E-state index in [0.717, 1.165) is 23.8 Å². The third kappa shape index (κ3) is 3.02. The molecule has 1 N–H and O–H groups in total. The molecule has 2 aromatic rings. The molecule has 0 radical (unpaired) electrons. The molecule has 1 aromatic heterocycles. The van der Waals surface area contributed by atoms with E-state index in [1.165, 1.54) is 4.90 Å². The summed E-state index contributed by atoms with van der Waals surface area (Å²) in [6, 6.07) is 4.72. The second-order valence-corrected chi connectivity index (χ2v) is 5.74. The molecule has 1 aliphatic rings. The standard InChI is InChI=1S/C17H19NO5/c1-22-12-5-6-13-11(10-23-15(13)9-12)8-16(19)18-7-3-2-4-14(18)17(20)21/h5-6,9-10,14H,2-4,7-8H2,1H3,(H,20,21)/t14-/m0/s1. The van der Waals surface area contributed by atoms with Crippen LogP contribution in [-0.4, -0.2) is 41.6 Å². The fourth-order valence-corrected chi connectivity index (χ4v) is 3.08. The summed E-state index contributed by atoms with van der Waals surface area (Å²) in [5.74, 6) is -0.415. The SMILES string of the molecule is COc1ccc2c(CC(=O)N3CCCC[C@H]3C(=O)O)coc2c1. The van der Waals surface area contributed by atoms with Crippen LogP contribution in [0.1, 0.15) is 24.8 Å². The highest BCUT2D eigenvalue weighted by Crippen LogP contribution is 2.27. The van der Waals surface area contributed by atoms with Gasteiger partial charge in [0, 0.05) is 23.6 Å². The Labute approximate surface area is 133 Å². The van der Waals surface area contributed by atoms with Gasteiger partial charge in [0.2, 0.25) is 5.91 Å². The van der Waals surface area contributed by atoms with Gasteiger partial charge in [-0.3, -0.25) is 4.79 Å². The predicted octanol–water partition coefficient (Wildman–Crippen LogP) is 2.45. The molecule has 122 valence electrons. The summed E-state index contributed by atoms with van der Waals surface area (Å²) in [6.45, 7) is 0.499. The average Bonchev–Trinajstić information content (AvgIpc) is 2.96. The van der Waals surface area contributed by atoms with Crippen LogP contribution in [0.4, 0.5) is 0 Å². The number of rotatable bonds is 4. The lowest BCUT2D eigenvalue weighted by molar-refractivity contribution is -0.151. The van der Waals surface area contributed by atoms with Crippen molar-refractivity contribution in [2.75, 3.05) is 13.7 Å². The summed E-state index contributed by atoms with van der Waals surface area (Å²) < 4.78 is 10.6. The molecule has 0 bridgehead atoms. The second-order valence-electron chi connectivity index (χ2n) is 5.74. The van der Waals surface area contributed by atoms with Crippen molar-refractivity contribution in [3.8, 4) is 5.75 Å². The molecule has 1 atom stereocenters. The Bertz CT molecular complexity index is 736. The minimum Gasteiger partial charge on any atom is -0.497 e. The molecule has 1 amide bonds. The molecule has 3 rings (SSSR count). The Morgan fingerprint density at radius 1 is 1.39 bits per heavy atom. The van der Waals surface area contributed by atoms with Gasteiger partial charge < -0.3 is 19.2 Å². The fourth-order valence-electron chi connectivity index (χ4n) is 3.08. The number of benzene rings is 1. The first kappa shape index (κ1) is 15.4. The van der Waals surface area contributed by atoms with Gasteiger partial charge in [-0.25, -0.2) is 4.79 Å². The zero-order valence-electron chi connectivity index (χ0n) is 12.9. The average molecular weight is 317 g/mol. The molecule has 6 nitrogen and oxygen atoms in total. The Balaban J connectivity index is 1.81. The normalized spacial score (nSPS) is 18.1. The maximum absolute atomic E-state index is 12.5. The van der Waals surface area contributed by atoms with Crippen molar-refractivity contribution < 1.29 is 23.8 Å². The van der Waals surface area contributed by atoms with Crippen molar-refractivity contribution >= 4 is 22.8 Å². The van der Waals surface area contributed by atoms with Gasteiger partial charge in [-0.05, 0) is 31.4 Å². The van der Waals surface area contributed by atoms with Gasteiger partial charge in [0.15, 0.2) is 0 Å². The zero-order valence-corrected chi connectivity index (χ0v) is 12.9. The van der Waals surface area contributed by atoms with E-state index in [0.29, 0.717) is 24.3 Å². The number of carbonyl (C=O) groups excluding carboxylic acids is 1. The highest BCUT2D eigenvalue weighted by atomic mass is 16.5. The number of hydrogen-bond donors (Lipinski definition) is 1. The maximum atomic E-state index is 12.5. The van der Waals surface area contributed by atoms with E-state index < -0.39 is 12.0 Å². The lowest BCUT2D eigenvalue weighted by atomic mass is 10.0. The van der Waals surface area contributed by atoms with Gasteiger partial charge >= 0.3 is 5.97 Å². The molecule has 6 heteroatoms. The van der Waals surface area contributed by atoms with Gasteiger partial charge in [-0.15, -0.1) is 0 Å². The first-order valence-electron chi connectivity index (χ1n) is 7.66. The number of amides is 1. The smallest absolute Gasteiger partial charge is 0.326 e. The Morgan fingerprint density at radius 3 is 2.96 bits per heavy atom. The third-order valence-electron chi connectivity index (χ3n) is 4.31. The van der Waals surface area contributed by atoms with Crippen LogP contribution in [0.15, 0.2) is 28.9 Å². The van der Waals surface area contributed by atoms with E-state index in [9.17, 15) is 14.7 Å². The minimum atomic E-state index is -0.931. The van der Waals surface area contributed by atoms with E-state index in [1.807, 2.05) is 12.1 Å². The van der Waals surface area contributed by atoms with Crippen molar-refractivity contribution in [3.63, 3.8) is 0 Å². The molecule has 23 heavy (non-hydrogen) atoms. The number of carboxylic acids is 1. The second kappa shape index (κ2) is 6.32. The van der Waals surface area contributed by atoms with Gasteiger partial charge in [0.05, 0.1) is 19.8 Å². The summed E-state index contributed by atoms with van der Waals surface area (Å²) in [7, 11) is 1.58. The Hall–Kier alpha value is -2.50. The number of likely N-dealkylation sites (tertiary alicyclic amines) is 1. The van der Waals surface area contributed by atoms with Crippen LogP contribution < -0.4 is 4.74 Å². The number of aliphatic carboxylic acids is 1. The summed E-state index contributed by atoms with van der Waals surface area (Å²) in [5.41, 5.74) is 1.42. The van der Waals surface area contributed by atoms with Gasteiger partial charge in [0.25, 0.3) is 0 Å². The van der Waals surface area contributed by atoms with Crippen LogP contribution in [-0.2, 0) is 16.0 Å². The van der Waals surface area contributed by atoms with E-state index in [2.05, 4.69) is 0 Å². The predicted molar refractivity (Wildman–Crippen MR) is 83.5 cm³/mol. The number of carboxylic acid groups (broad SMARTS) is 1. The molecule has 0 spiro atoms. The number of methoxy groups -OCH3 is 1. The summed E-state index contributed by atoms with van der Waals surface area (Å²) >= 11 is 0. The highest BCUT2D eigenvalue weighted by molar-refractivity contribution is 5.90. The first-order chi connectivity index (χ1) is 11.1. The van der Waals surface area contributed by atoms with E-state index >= 15 is 0 Å². The summed E-state index contributed by atoms with van der Waals surface area (Å²) in [4.78, 5) is 25.4. The lowest BCUT2D eigenvalue weighted by Crippen LogP contribution is -2.48. The molecule has 1 aromatic carbocycles. The highest BCUT2D eigenvalue weighted by Gasteiger charge is 2.32. The van der Waals surface area contributed by atoms with Crippen LogP contribution in [0.2, 0.25) is 0 Å². The van der Waals surface area contributed by atoms with Crippen molar-refractivity contribution in [2.24, 2.45) is 0 Å². The third-order valence-corrected chi connectivity index (χ3v) is 4.31. The number of carbonyl (C=O) groups is 2. The lowest BCUT2D eigenvalue weighted by Gasteiger charge is -2.32. The molecule has 1 aliphatic heterocycles. The van der Waals surface area contributed by atoms with Gasteiger partial charge in [-0.2, -0.15) is 0 Å². The number of ether oxygens (including phenoxy) is 1. The summed E-state index contributed by atoms with van der Waals surface area (Å²) in [5, 5.41) is 10.1. The van der Waals surface area contributed by atoms with Crippen molar-refractivity contribution in [1.82, 2.24) is 4.90 Å². The van der Waals surface area contributed by atoms with Crippen molar-refractivity contribution in [3.05, 3.63) is 30.0 Å². The Morgan fingerprint density at radius 2 is 2.22 bits per heavy atom. The maximum Gasteiger partial charge on any atom is 0.326 e. The minimum absolute atomic E-state index is 0.142.